The zero-order valence-electron chi connectivity index (χ0n) is 13.6. The van der Waals surface area contributed by atoms with Crippen molar-refractivity contribution in [2.24, 2.45) is 0 Å². The zero-order chi connectivity index (χ0) is 17.5. The molecule has 0 aliphatic rings. The molecule has 0 spiro atoms. The van der Waals surface area contributed by atoms with Crippen molar-refractivity contribution in [3.05, 3.63) is 89.2 Å². The maximum atomic E-state index is 12.3. The van der Waals surface area contributed by atoms with E-state index < -0.39 is 0 Å². The summed E-state index contributed by atoms with van der Waals surface area (Å²) in [6.07, 6.45) is 4.02. The van der Waals surface area contributed by atoms with Crippen molar-refractivity contribution in [1.82, 2.24) is 10.3 Å². The average Bonchev–Trinajstić information content (AvgIpc) is 2.63. The molecule has 0 aliphatic carbocycles. The van der Waals surface area contributed by atoms with E-state index in [1.807, 2.05) is 54.6 Å². The summed E-state index contributed by atoms with van der Waals surface area (Å²) in [5.41, 5.74) is 3.28. The summed E-state index contributed by atoms with van der Waals surface area (Å²) in [4.78, 5) is 16.4. The van der Waals surface area contributed by atoms with Crippen molar-refractivity contribution in [3.63, 3.8) is 0 Å². The van der Waals surface area contributed by atoms with Gasteiger partial charge in [-0.05, 0) is 36.2 Å². The molecule has 0 atom stereocenters. The second-order valence-corrected chi connectivity index (χ2v) is 6.03. The second kappa shape index (κ2) is 8.31. The third-order valence-corrected chi connectivity index (χ3v) is 3.89. The standard InChI is InChI=1S/C20H18ClN3O/c21-17-7-4-8-18(12-17)24-19-11-16(13-22-14-19)20(25)23-10-9-15-5-2-1-3-6-15/h1-8,11-14,24H,9-10H2,(H,23,25). The van der Waals surface area contributed by atoms with Crippen LogP contribution in [0.25, 0.3) is 0 Å². The van der Waals surface area contributed by atoms with E-state index >= 15 is 0 Å². The van der Waals surface area contributed by atoms with Gasteiger partial charge >= 0.3 is 0 Å². The van der Waals surface area contributed by atoms with Crippen LogP contribution in [0.5, 0.6) is 0 Å². The number of halogens is 1. The minimum atomic E-state index is -0.141. The second-order valence-electron chi connectivity index (χ2n) is 5.59. The van der Waals surface area contributed by atoms with Gasteiger partial charge in [0.15, 0.2) is 0 Å². The highest BCUT2D eigenvalue weighted by Gasteiger charge is 2.07. The first-order valence-corrected chi connectivity index (χ1v) is 8.38. The number of pyridine rings is 1. The van der Waals surface area contributed by atoms with Gasteiger partial charge in [-0.3, -0.25) is 9.78 Å². The minimum absolute atomic E-state index is 0.141. The van der Waals surface area contributed by atoms with Crippen LogP contribution in [0.1, 0.15) is 15.9 Å². The van der Waals surface area contributed by atoms with Crippen LogP contribution in [0.3, 0.4) is 0 Å². The van der Waals surface area contributed by atoms with Gasteiger partial charge in [-0.1, -0.05) is 48.0 Å². The molecule has 4 nitrogen and oxygen atoms in total. The fourth-order valence-electron chi connectivity index (χ4n) is 2.43. The number of carbonyl (C=O) groups excluding carboxylic acids is 1. The van der Waals surface area contributed by atoms with E-state index in [-0.39, 0.29) is 5.91 Å². The molecule has 2 N–H and O–H groups in total. The summed E-state index contributed by atoms with van der Waals surface area (Å²) in [6.45, 7) is 0.578. The van der Waals surface area contributed by atoms with E-state index in [9.17, 15) is 4.79 Å². The van der Waals surface area contributed by atoms with Crippen molar-refractivity contribution in [2.45, 2.75) is 6.42 Å². The van der Waals surface area contributed by atoms with E-state index in [1.165, 1.54) is 5.56 Å². The van der Waals surface area contributed by atoms with Crippen LogP contribution in [0.2, 0.25) is 5.02 Å². The summed E-state index contributed by atoms with van der Waals surface area (Å²) in [5.74, 6) is -0.141. The molecule has 0 bridgehead atoms. The minimum Gasteiger partial charge on any atom is -0.354 e. The summed E-state index contributed by atoms with van der Waals surface area (Å²) >= 11 is 5.98. The van der Waals surface area contributed by atoms with Crippen molar-refractivity contribution >= 4 is 28.9 Å². The van der Waals surface area contributed by atoms with Gasteiger partial charge in [0.2, 0.25) is 0 Å². The lowest BCUT2D eigenvalue weighted by Gasteiger charge is -2.09. The molecule has 126 valence electrons. The van der Waals surface area contributed by atoms with Crippen molar-refractivity contribution < 1.29 is 4.79 Å². The third kappa shape index (κ3) is 5.06. The Hall–Kier alpha value is -2.85. The van der Waals surface area contributed by atoms with Crippen LogP contribution in [0, 0.1) is 0 Å². The highest BCUT2D eigenvalue weighted by atomic mass is 35.5. The van der Waals surface area contributed by atoms with Crippen LogP contribution in [0.15, 0.2) is 73.1 Å². The Labute approximate surface area is 151 Å². The molecule has 25 heavy (non-hydrogen) atoms. The number of amides is 1. The summed E-state index contributed by atoms with van der Waals surface area (Å²) in [6, 6.07) is 19.2. The fraction of sp³-hybridized carbons (Fsp3) is 0.100. The molecule has 1 amide bonds. The predicted octanol–water partition coefficient (Wildman–Crippen LogP) is 4.45. The first-order valence-electron chi connectivity index (χ1n) is 8.00. The Kier molecular flexibility index (Phi) is 5.65. The lowest BCUT2D eigenvalue weighted by atomic mass is 10.1. The predicted molar refractivity (Wildman–Crippen MR) is 101 cm³/mol. The molecule has 3 rings (SSSR count). The number of aromatic nitrogens is 1. The first kappa shape index (κ1) is 17.0. The van der Waals surface area contributed by atoms with Crippen LogP contribution < -0.4 is 10.6 Å². The number of hydrogen-bond donors (Lipinski definition) is 2. The van der Waals surface area contributed by atoms with Crippen LogP contribution in [0.4, 0.5) is 11.4 Å². The van der Waals surface area contributed by atoms with Gasteiger partial charge in [0.05, 0.1) is 17.4 Å². The maximum absolute atomic E-state index is 12.3. The number of anilines is 2. The molecule has 5 heteroatoms. The van der Waals surface area contributed by atoms with Gasteiger partial charge in [0, 0.05) is 23.5 Å². The molecule has 3 aromatic rings. The highest BCUT2D eigenvalue weighted by Crippen LogP contribution is 2.20. The van der Waals surface area contributed by atoms with Crippen molar-refractivity contribution in [1.29, 1.82) is 0 Å². The Morgan fingerprint density at radius 2 is 1.80 bits per heavy atom. The average molecular weight is 352 g/mol. The van der Waals surface area contributed by atoms with E-state index in [2.05, 4.69) is 15.6 Å². The number of hydrogen-bond acceptors (Lipinski definition) is 3. The zero-order valence-corrected chi connectivity index (χ0v) is 14.3. The monoisotopic (exact) mass is 351 g/mol. The largest absolute Gasteiger partial charge is 0.354 e. The topological polar surface area (TPSA) is 54.0 Å². The fourth-order valence-corrected chi connectivity index (χ4v) is 2.62. The Morgan fingerprint density at radius 1 is 0.960 bits per heavy atom. The molecule has 1 heterocycles. The highest BCUT2D eigenvalue weighted by molar-refractivity contribution is 6.30. The third-order valence-electron chi connectivity index (χ3n) is 3.66. The molecule has 2 aromatic carbocycles. The van der Waals surface area contributed by atoms with Gasteiger partial charge in [0.25, 0.3) is 5.91 Å². The Morgan fingerprint density at radius 3 is 2.60 bits per heavy atom. The van der Waals surface area contributed by atoms with Crippen molar-refractivity contribution in [2.75, 3.05) is 11.9 Å². The molecule has 0 fully saturated rings. The lowest BCUT2D eigenvalue weighted by Crippen LogP contribution is -2.25. The Balaban J connectivity index is 1.59. The summed E-state index contributed by atoms with van der Waals surface area (Å²) in [7, 11) is 0. The van der Waals surface area contributed by atoms with Gasteiger partial charge in [-0.2, -0.15) is 0 Å². The Bertz CT molecular complexity index is 852. The number of nitrogens with zero attached hydrogens (tertiary/aromatic N) is 1. The molecule has 1 aromatic heterocycles. The quantitative estimate of drug-likeness (QED) is 0.689. The van der Waals surface area contributed by atoms with Gasteiger partial charge in [-0.25, -0.2) is 0 Å². The van der Waals surface area contributed by atoms with Crippen molar-refractivity contribution in [3.8, 4) is 0 Å². The molecule has 0 unspecified atom stereocenters. The van der Waals surface area contributed by atoms with Crippen LogP contribution in [-0.4, -0.2) is 17.4 Å². The number of carbonyl (C=O) groups is 1. The van der Waals surface area contributed by atoms with Crippen LogP contribution in [-0.2, 0) is 6.42 Å². The number of nitrogens with one attached hydrogen (secondary N) is 2. The molecule has 0 radical (unpaired) electrons. The van der Waals surface area contributed by atoms with E-state index in [1.54, 1.807) is 18.5 Å². The van der Waals surface area contributed by atoms with Gasteiger partial charge in [-0.15, -0.1) is 0 Å². The van der Waals surface area contributed by atoms with Gasteiger partial charge < -0.3 is 10.6 Å². The number of rotatable bonds is 6. The van der Waals surface area contributed by atoms with Crippen LogP contribution >= 0.6 is 11.6 Å². The van der Waals surface area contributed by atoms with E-state index in [0.717, 1.165) is 17.8 Å². The normalized spacial score (nSPS) is 10.3. The molecule has 0 saturated heterocycles. The summed E-state index contributed by atoms with van der Waals surface area (Å²) in [5, 5.41) is 6.76. The smallest absolute Gasteiger partial charge is 0.252 e. The molecule has 0 saturated carbocycles. The molecular weight excluding hydrogens is 334 g/mol. The summed E-state index contributed by atoms with van der Waals surface area (Å²) < 4.78 is 0. The maximum Gasteiger partial charge on any atom is 0.252 e. The molecule has 0 aliphatic heterocycles. The van der Waals surface area contributed by atoms with Gasteiger partial charge in [0.1, 0.15) is 0 Å². The SMILES string of the molecule is O=C(NCCc1ccccc1)c1cncc(Nc2cccc(Cl)c2)c1. The number of benzene rings is 2. The lowest BCUT2D eigenvalue weighted by molar-refractivity contribution is 0.0954. The molecular formula is C20H18ClN3O. The first-order chi connectivity index (χ1) is 12.2. The van der Waals surface area contributed by atoms with E-state index in [4.69, 9.17) is 11.6 Å². The van der Waals surface area contributed by atoms with E-state index in [0.29, 0.717) is 17.1 Å².